The molecule has 1 aromatic heterocycles. The molecule has 102 valence electrons. The van der Waals surface area contributed by atoms with Crippen molar-refractivity contribution in [2.75, 3.05) is 19.1 Å². The molecule has 1 aromatic carbocycles. The van der Waals surface area contributed by atoms with Crippen LogP contribution in [0.25, 0.3) is 0 Å². The van der Waals surface area contributed by atoms with Gasteiger partial charge in [0.25, 0.3) is 0 Å². The van der Waals surface area contributed by atoms with Crippen LogP contribution in [-0.4, -0.2) is 14.2 Å². The van der Waals surface area contributed by atoms with E-state index in [0.29, 0.717) is 0 Å². The minimum Gasteiger partial charge on any atom is -0.496 e. The van der Waals surface area contributed by atoms with Crippen molar-refractivity contribution in [3.8, 4) is 5.75 Å². The van der Waals surface area contributed by atoms with E-state index >= 15 is 0 Å². The number of nitrogens with two attached hydrogens (primary N) is 1. The molecule has 0 radical (unpaired) electrons. The first-order valence-electron chi connectivity index (χ1n) is 6.29. The number of ether oxygens (including phenoxy) is 1. The first kappa shape index (κ1) is 13.9. The fraction of sp³-hybridized carbons (Fsp3) is 0.333. The van der Waals surface area contributed by atoms with E-state index in [1.54, 1.807) is 18.4 Å². The third-order valence-electron chi connectivity index (χ3n) is 3.10. The Hall–Kier alpha value is -1.52. The Balaban J connectivity index is 2.32. The monoisotopic (exact) mass is 276 g/mol. The highest BCUT2D eigenvalue weighted by Gasteiger charge is 2.16. The Labute approximate surface area is 118 Å². The summed E-state index contributed by atoms with van der Waals surface area (Å²) in [5.74, 6) is 0.852. The number of hydrogen-bond acceptors (Lipinski definition) is 4. The molecule has 0 aliphatic carbocycles. The van der Waals surface area contributed by atoms with Crippen molar-refractivity contribution in [3.05, 3.63) is 46.2 Å². The second kappa shape index (κ2) is 6.08. The van der Waals surface area contributed by atoms with Crippen LogP contribution in [-0.2, 0) is 6.54 Å². The molecule has 0 amide bonds. The fourth-order valence-corrected chi connectivity index (χ4v) is 2.98. The van der Waals surface area contributed by atoms with Gasteiger partial charge in [-0.25, -0.2) is 0 Å². The van der Waals surface area contributed by atoms with Gasteiger partial charge in [0.05, 0.1) is 13.7 Å². The third kappa shape index (κ3) is 3.08. The fourth-order valence-electron chi connectivity index (χ4n) is 2.22. The summed E-state index contributed by atoms with van der Waals surface area (Å²) >= 11 is 1.77. The number of nitrogens with zero attached hydrogens (tertiary/aromatic N) is 1. The highest BCUT2D eigenvalue weighted by molar-refractivity contribution is 7.09. The molecular formula is C15H20N2OS. The second-order valence-corrected chi connectivity index (χ2v) is 5.65. The van der Waals surface area contributed by atoms with E-state index in [0.717, 1.165) is 23.5 Å². The molecule has 3 nitrogen and oxygen atoms in total. The van der Waals surface area contributed by atoms with Crippen LogP contribution >= 0.6 is 11.3 Å². The zero-order valence-corrected chi connectivity index (χ0v) is 12.4. The van der Waals surface area contributed by atoms with Gasteiger partial charge in [-0.2, -0.15) is 0 Å². The van der Waals surface area contributed by atoms with Crippen molar-refractivity contribution in [3.63, 3.8) is 0 Å². The lowest BCUT2D eigenvalue weighted by Crippen LogP contribution is -2.20. The number of benzene rings is 1. The maximum absolute atomic E-state index is 6.10. The topological polar surface area (TPSA) is 38.5 Å². The van der Waals surface area contributed by atoms with Gasteiger partial charge in [-0.1, -0.05) is 12.1 Å². The lowest BCUT2D eigenvalue weighted by atomic mass is 10.0. The maximum Gasteiger partial charge on any atom is 0.125 e. The molecule has 0 saturated carbocycles. The third-order valence-corrected chi connectivity index (χ3v) is 3.96. The van der Waals surface area contributed by atoms with Crippen LogP contribution in [0.2, 0.25) is 0 Å². The standard InChI is InChI=1S/C15H20N2OS/c1-11(16)15-13(7-4-8-14(15)18-3)17(2)10-12-6-5-9-19-12/h4-9,11H,10,16H2,1-3H3/t11-/m1/s1. The molecule has 1 heterocycles. The molecular weight excluding hydrogens is 256 g/mol. The lowest BCUT2D eigenvalue weighted by molar-refractivity contribution is 0.407. The molecule has 2 rings (SSSR count). The quantitative estimate of drug-likeness (QED) is 0.909. The predicted molar refractivity (Wildman–Crippen MR) is 82.0 cm³/mol. The van der Waals surface area contributed by atoms with Crippen LogP contribution in [0, 0.1) is 0 Å². The minimum absolute atomic E-state index is 0.0584. The number of hydrogen-bond donors (Lipinski definition) is 1. The molecule has 0 fully saturated rings. The lowest BCUT2D eigenvalue weighted by Gasteiger charge is -2.25. The Morgan fingerprint density at radius 3 is 2.68 bits per heavy atom. The molecule has 2 aromatic rings. The number of anilines is 1. The van der Waals surface area contributed by atoms with Gasteiger partial charge in [0.2, 0.25) is 0 Å². The number of methoxy groups -OCH3 is 1. The summed E-state index contributed by atoms with van der Waals surface area (Å²) in [6, 6.07) is 10.2. The first-order chi connectivity index (χ1) is 9.13. The maximum atomic E-state index is 6.10. The van der Waals surface area contributed by atoms with Crippen molar-refractivity contribution in [2.24, 2.45) is 5.73 Å². The van der Waals surface area contributed by atoms with Crippen molar-refractivity contribution in [1.29, 1.82) is 0 Å². The molecule has 0 spiro atoms. The summed E-state index contributed by atoms with van der Waals surface area (Å²) < 4.78 is 5.43. The SMILES string of the molecule is COc1cccc(N(C)Cc2cccs2)c1[C@@H](C)N. The van der Waals surface area contributed by atoms with Crippen LogP contribution in [0.1, 0.15) is 23.4 Å². The predicted octanol–water partition coefficient (Wildman–Crippen LogP) is 3.41. The van der Waals surface area contributed by atoms with E-state index in [1.807, 2.05) is 19.1 Å². The molecule has 19 heavy (non-hydrogen) atoms. The van der Waals surface area contributed by atoms with Crippen LogP contribution in [0.3, 0.4) is 0 Å². The summed E-state index contributed by atoms with van der Waals surface area (Å²) in [5.41, 5.74) is 8.28. The average Bonchev–Trinajstić information content (AvgIpc) is 2.90. The van der Waals surface area contributed by atoms with E-state index in [-0.39, 0.29) is 6.04 Å². The van der Waals surface area contributed by atoms with Gasteiger partial charge in [0.1, 0.15) is 5.75 Å². The highest BCUT2D eigenvalue weighted by atomic mass is 32.1. The summed E-state index contributed by atoms with van der Waals surface area (Å²) in [5, 5.41) is 2.10. The Bertz CT molecular complexity index is 523. The van der Waals surface area contributed by atoms with Crippen molar-refractivity contribution < 1.29 is 4.74 Å². The van der Waals surface area contributed by atoms with Crippen molar-refractivity contribution in [2.45, 2.75) is 19.5 Å². The summed E-state index contributed by atoms with van der Waals surface area (Å²) in [6.45, 7) is 2.87. The van der Waals surface area contributed by atoms with Crippen LogP contribution in [0.4, 0.5) is 5.69 Å². The summed E-state index contributed by atoms with van der Waals surface area (Å²) in [6.07, 6.45) is 0. The summed E-state index contributed by atoms with van der Waals surface area (Å²) in [4.78, 5) is 3.55. The molecule has 0 bridgehead atoms. The van der Waals surface area contributed by atoms with Crippen LogP contribution < -0.4 is 15.4 Å². The van der Waals surface area contributed by atoms with Crippen LogP contribution in [0.5, 0.6) is 5.75 Å². The number of thiophene rings is 1. The van der Waals surface area contributed by atoms with Gasteiger partial charge in [0, 0.05) is 29.2 Å². The normalized spacial score (nSPS) is 12.2. The van der Waals surface area contributed by atoms with Crippen LogP contribution in [0.15, 0.2) is 35.7 Å². The van der Waals surface area contributed by atoms with E-state index in [1.165, 1.54) is 4.88 Å². The smallest absolute Gasteiger partial charge is 0.125 e. The highest BCUT2D eigenvalue weighted by Crippen LogP contribution is 2.33. The molecule has 4 heteroatoms. The second-order valence-electron chi connectivity index (χ2n) is 4.62. The van der Waals surface area contributed by atoms with Gasteiger partial charge in [-0.15, -0.1) is 11.3 Å². The van der Waals surface area contributed by atoms with Gasteiger partial charge in [0.15, 0.2) is 0 Å². The van der Waals surface area contributed by atoms with E-state index < -0.39 is 0 Å². The Morgan fingerprint density at radius 2 is 2.11 bits per heavy atom. The number of rotatable bonds is 5. The largest absolute Gasteiger partial charge is 0.496 e. The van der Waals surface area contributed by atoms with Crippen molar-refractivity contribution >= 4 is 17.0 Å². The average molecular weight is 276 g/mol. The van der Waals surface area contributed by atoms with Crippen molar-refractivity contribution in [1.82, 2.24) is 0 Å². The van der Waals surface area contributed by atoms with Gasteiger partial charge in [-0.3, -0.25) is 0 Å². The zero-order chi connectivity index (χ0) is 13.8. The summed E-state index contributed by atoms with van der Waals surface area (Å²) in [7, 11) is 3.77. The molecule has 1 atom stereocenters. The Kier molecular flexibility index (Phi) is 4.45. The molecule has 0 aliphatic heterocycles. The van der Waals surface area contributed by atoms with Gasteiger partial charge >= 0.3 is 0 Å². The van der Waals surface area contributed by atoms with Gasteiger partial charge in [-0.05, 0) is 30.5 Å². The molecule has 2 N–H and O–H groups in total. The zero-order valence-electron chi connectivity index (χ0n) is 11.6. The Morgan fingerprint density at radius 1 is 1.32 bits per heavy atom. The molecule has 0 saturated heterocycles. The first-order valence-corrected chi connectivity index (χ1v) is 7.17. The molecule has 0 aliphatic rings. The minimum atomic E-state index is -0.0584. The molecule has 0 unspecified atom stereocenters. The van der Waals surface area contributed by atoms with E-state index in [4.69, 9.17) is 10.5 Å². The van der Waals surface area contributed by atoms with E-state index in [2.05, 4.69) is 35.5 Å². The van der Waals surface area contributed by atoms with E-state index in [9.17, 15) is 0 Å². The van der Waals surface area contributed by atoms with Gasteiger partial charge < -0.3 is 15.4 Å².